The van der Waals surface area contributed by atoms with Crippen LogP contribution in [0.3, 0.4) is 0 Å². The van der Waals surface area contributed by atoms with Crippen LogP contribution in [0.5, 0.6) is 0 Å². The van der Waals surface area contributed by atoms with E-state index >= 15 is 0 Å². The normalized spacial score (nSPS) is 12.1. The Bertz CT molecular complexity index is 384. The van der Waals surface area contributed by atoms with E-state index in [1.54, 1.807) is 0 Å². The van der Waals surface area contributed by atoms with Crippen LogP contribution in [0.4, 0.5) is 17.8 Å². The number of thioether (sulfide) groups is 1. The van der Waals surface area contributed by atoms with Crippen molar-refractivity contribution in [2.24, 2.45) is 0 Å². The lowest BCUT2D eigenvalue weighted by Crippen LogP contribution is -2.24. The van der Waals surface area contributed by atoms with Gasteiger partial charge in [-0.25, -0.2) is 0 Å². The maximum Gasteiger partial charge on any atom is 0.231 e. The molecule has 1 aromatic heterocycles. The van der Waals surface area contributed by atoms with Gasteiger partial charge in [-0.15, -0.1) is 0 Å². The molecule has 0 saturated carbocycles. The van der Waals surface area contributed by atoms with Gasteiger partial charge in [0.1, 0.15) is 0 Å². The quantitative estimate of drug-likeness (QED) is 0.756. The fourth-order valence-corrected chi connectivity index (χ4v) is 2.23. The van der Waals surface area contributed by atoms with Crippen molar-refractivity contribution in [3.63, 3.8) is 0 Å². The van der Waals surface area contributed by atoms with Crippen LogP contribution >= 0.6 is 11.8 Å². The molecule has 6 nitrogen and oxygen atoms in total. The van der Waals surface area contributed by atoms with Crippen LogP contribution in [-0.4, -0.2) is 53.6 Å². The van der Waals surface area contributed by atoms with Crippen molar-refractivity contribution in [2.45, 2.75) is 26.3 Å². The zero-order valence-corrected chi connectivity index (χ0v) is 13.2. The van der Waals surface area contributed by atoms with E-state index in [-0.39, 0.29) is 0 Å². The summed E-state index contributed by atoms with van der Waals surface area (Å²) in [5.41, 5.74) is 0. The molecule has 1 aromatic rings. The van der Waals surface area contributed by atoms with Gasteiger partial charge in [0.15, 0.2) is 0 Å². The Morgan fingerprint density at radius 3 is 2.37 bits per heavy atom. The smallest absolute Gasteiger partial charge is 0.231 e. The zero-order chi connectivity index (χ0) is 14.3. The van der Waals surface area contributed by atoms with Gasteiger partial charge < -0.3 is 15.5 Å². The number of nitrogens with one attached hydrogen (secondary N) is 2. The first-order valence-electron chi connectivity index (χ1n) is 6.53. The summed E-state index contributed by atoms with van der Waals surface area (Å²) >= 11 is 1.82. The Balaban J connectivity index is 2.91. The summed E-state index contributed by atoms with van der Waals surface area (Å²) in [5.74, 6) is 2.95. The number of rotatable bonds is 8. The molecule has 1 heterocycles. The molecule has 0 radical (unpaired) electrons. The Morgan fingerprint density at radius 2 is 1.84 bits per heavy atom. The summed E-state index contributed by atoms with van der Waals surface area (Å²) in [4.78, 5) is 15.1. The van der Waals surface area contributed by atoms with E-state index in [4.69, 9.17) is 0 Å². The van der Waals surface area contributed by atoms with Gasteiger partial charge in [0, 0.05) is 32.4 Å². The molecule has 0 saturated heterocycles. The standard InChI is InChI=1S/C12H24N6S/c1-6-9(8-19-5)14-11-15-10(13-7-2)16-12(17-11)18(3)4/h9H,6-8H2,1-5H3,(H2,13,14,15,16,17). The average Bonchev–Trinajstić information content (AvgIpc) is 2.38. The summed E-state index contributed by atoms with van der Waals surface area (Å²) in [7, 11) is 3.85. The number of anilines is 3. The molecular weight excluding hydrogens is 260 g/mol. The molecule has 0 aromatic carbocycles. The molecule has 1 rings (SSSR count). The third-order valence-corrected chi connectivity index (χ3v) is 3.29. The summed E-state index contributed by atoms with van der Waals surface area (Å²) < 4.78 is 0. The molecule has 0 bridgehead atoms. The van der Waals surface area contributed by atoms with Gasteiger partial charge in [-0.1, -0.05) is 6.92 Å². The fraction of sp³-hybridized carbons (Fsp3) is 0.750. The topological polar surface area (TPSA) is 66.0 Å². The molecule has 0 amide bonds. The molecule has 0 aliphatic heterocycles. The highest BCUT2D eigenvalue weighted by atomic mass is 32.2. The molecule has 19 heavy (non-hydrogen) atoms. The molecule has 0 spiro atoms. The molecular formula is C12H24N6S. The van der Waals surface area contributed by atoms with Gasteiger partial charge in [-0.3, -0.25) is 0 Å². The third kappa shape index (κ3) is 5.10. The Labute approximate surface area is 119 Å². The third-order valence-electron chi connectivity index (χ3n) is 2.55. The van der Waals surface area contributed by atoms with Gasteiger partial charge in [-0.2, -0.15) is 26.7 Å². The van der Waals surface area contributed by atoms with E-state index in [0.717, 1.165) is 18.7 Å². The summed E-state index contributed by atoms with van der Waals surface area (Å²) in [6, 6.07) is 0.377. The second-order valence-electron chi connectivity index (χ2n) is 4.41. The van der Waals surface area contributed by atoms with Gasteiger partial charge in [0.2, 0.25) is 17.8 Å². The van der Waals surface area contributed by atoms with Gasteiger partial charge in [-0.05, 0) is 19.6 Å². The van der Waals surface area contributed by atoms with Crippen molar-refractivity contribution < 1.29 is 0 Å². The molecule has 108 valence electrons. The SMILES string of the molecule is CCNc1nc(NC(CC)CSC)nc(N(C)C)n1. The largest absolute Gasteiger partial charge is 0.354 e. The lowest BCUT2D eigenvalue weighted by molar-refractivity contribution is 0.760. The molecule has 1 unspecified atom stereocenters. The van der Waals surface area contributed by atoms with Crippen molar-refractivity contribution >= 4 is 29.6 Å². The van der Waals surface area contributed by atoms with E-state index in [9.17, 15) is 0 Å². The lowest BCUT2D eigenvalue weighted by Gasteiger charge is -2.18. The predicted molar refractivity (Wildman–Crippen MR) is 84.4 cm³/mol. The second kappa shape index (κ2) is 8.04. The van der Waals surface area contributed by atoms with Crippen molar-refractivity contribution in [2.75, 3.05) is 48.2 Å². The van der Waals surface area contributed by atoms with Crippen molar-refractivity contribution in [1.82, 2.24) is 15.0 Å². The minimum absolute atomic E-state index is 0.377. The molecule has 0 aliphatic rings. The summed E-state index contributed by atoms with van der Waals surface area (Å²) in [6.45, 7) is 4.97. The van der Waals surface area contributed by atoms with E-state index in [1.807, 2.05) is 37.7 Å². The Morgan fingerprint density at radius 1 is 1.16 bits per heavy atom. The van der Waals surface area contributed by atoms with E-state index < -0.39 is 0 Å². The first-order valence-corrected chi connectivity index (χ1v) is 7.92. The molecule has 2 N–H and O–H groups in total. The Hall–Kier alpha value is -1.24. The number of hydrogen-bond acceptors (Lipinski definition) is 7. The first kappa shape index (κ1) is 15.8. The van der Waals surface area contributed by atoms with Crippen LogP contribution in [0, 0.1) is 0 Å². The van der Waals surface area contributed by atoms with Crippen LogP contribution in [0.15, 0.2) is 0 Å². The fourth-order valence-electron chi connectivity index (χ4n) is 1.51. The van der Waals surface area contributed by atoms with Crippen LogP contribution in [-0.2, 0) is 0 Å². The van der Waals surface area contributed by atoms with Crippen molar-refractivity contribution in [3.05, 3.63) is 0 Å². The highest BCUT2D eigenvalue weighted by Crippen LogP contribution is 2.14. The number of aromatic nitrogens is 3. The van der Waals surface area contributed by atoms with Crippen LogP contribution in [0.25, 0.3) is 0 Å². The molecule has 1 atom stereocenters. The summed E-state index contributed by atoms with van der Waals surface area (Å²) in [5, 5.41) is 6.51. The highest BCUT2D eigenvalue weighted by Gasteiger charge is 2.11. The molecule has 0 fully saturated rings. The lowest BCUT2D eigenvalue weighted by atomic mass is 10.3. The minimum atomic E-state index is 0.377. The van der Waals surface area contributed by atoms with Gasteiger partial charge in [0.25, 0.3) is 0 Å². The zero-order valence-electron chi connectivity index (χ0n) is 12.4. The Kier molecular flexibility index (Phi) is 6.69. The summed E-state index contributed by atoms with van der Waals surface area (Å²) in [6.07, 6.45) is 3.15. The van der Waals surface area contributed by atoms with Gasteiger partial charge >= 0.3 is 0 Å². The van der Waals surface area contributed by atoms with E-state index in [2.05, 4.69) is 38.8 Å². The van der Waals surface area contributed by atoms with Gasteiger partial charge in [0.05, 0.1) is 0 Å². The maximum absolute atomic E-state index is 4.43. The van der Waals surface area contributed by atoms with E-state index in [0.29, 0.717) is 23.9 Å². The number of nitrogens with zero attached hydrogens (tertiary/aromatic N) is 4. The molecule has 7 heteroatoms. The second-order valence-corrected chi connectivity index (χ2v) is 5.32. The van der Waals surface area contributed by atoms with Crippen molar-refractivity contribution in [1.29, 1.82) is 0 Å². The van der Waals surface area contributed by atoms with Crippen LogP contribution < -0.4 is 15.5 Å². The average molecular weight is 284 g/mol. The maximum atomic E-state index is 4.43. The first-order chi connectivity index (χ1) is 9.10. The van der Waals surface area contributed by atoms with Crippen LogP contribution in [0.2, 0.25) is 0 Å². The monoisotopic (exact) mass is 284 g/mol. The molecule has 0 aliphatic carbocycles. The predicted octanol–water partition coefficient (Wildman–Crippen LogP) is 1.92. The van der Waals surface area contributed by atoms with E-state index in [1.165, 1.54) is 0 Å². The number of hydrogen-bond donors (Lipinski definition) is 2. The minimum Gasteiger partial charge on any atom is -0.354 e. The van der Waals surface area contributed by atoms with Crippen molar-refractivity contribution in [3.8, 4) is 0 Å². The van der Waals surface area contributed by atoms with Crippen LogP contribution in [0.1, 0.15) is 20.3 Å². The highest BCUT2D eigenvalue weighted by molar-refractivity contribution is 7.98.